The van der Waals surface area contributed by atoms with Crippen LogP contribution in [0, 0.1) is 6.92 Å². The number of aryl methyl sites for hydroxylation is 1. The van der Waals surface area contributed by atoms with E-state index in [0.29, 0.717) is 40.0 Å². The van der Waals surface area contributed by atoms with Crippen LogP contribution in [-0.2, 0) is 6.61 Å². The minimum Gasteiger partial charge on any atom is -0.493 e. The highest BCUT2D eigenvalue weighted by atomic mass is 32.1. The molecule has 9 nitrogen and oxygen atoms in total. The zero-order valence-corrected chi connectivity index (χ0v) is 28.3. The summed E-state index contributed by atoms with van der Waals surface area (Å²) in [4.78, 5) is 18.7. The molecule has 50 heavy (non-hydrogen) atoms. The summed E-state index contributed by atoms with van der Waals surface area (Å²) in [6.45, 7) is 6.56. The van der Waals surface area contributed by atoms with E-state index >= 15 is 0 Å². The first kappa shape index (κ1) is 32.3. The van der Waals surface area contributed by atoms with Gasteiger partial charge in [-0.25, -0.2) is 4.68 Å². The molecule has 7 aromatic rings. The maximum atomic E-state index is 13.6. The molecule has 0 amide bonds. The summed E-state index contributed by atoms with van der Waals surface area (Å²) in [5.41, 5.74) is 6.06. The fourth-order valence-corrected chi connectivity index (χ4v) is 6.32. The molecule has 4 aromatic carbocycles. The maximum absolute atomic E-state index is 13.6. The maximum Gasteiger partial charge on any atom is 0.291 e. The monoisotopic (exact) mass is 679 g/mol. The predicted molar refractivity (Wildman–Crippen MR) is 198 cm³/mol. The number of rotatable bonds is 12. The lowest BCUT2D eigenvalue weighted by molar-refractivity contribution is 0.304. The van der Waals surface area contributed by atoms with Crippen molar-refractivity contribution in [1.82, 2.24) is 24.4 Å². The van der Waals surface area contributed by atoms with E-state index in [1.54, 1.807) is 19.3 Å². The average molecular weight is 680 g/mol. The van der Waals surface area contributed by atoms with Crippen molar-refractivity contribution < 1.29 is 14.2 Å². The molecule has 0 N–H and O–H groups in total. The third kappa shape index (κ3) is 6.96. The number of ether oxygens (including phenoxy) is 3. The summed E-state index contributed by atoms with van der Waals surface area (Å²) in [5.74, 6) is 2.46. The Hall–Kier alpha value is -6.26. The van der Waals surface area contributed by atoms with Crippen molar-refractivity contribution in [1.29, 1.82) is 0 Å². The van der Waals surface area contributed by atoms with Crippen LogP contribution >= 0.6 is 11.3 Å². The van der Waals surface area contributed by atoms with Gasteiger partial charge in [-0.2, -0.15) is 14.6 Å². The Kier molecular flexibility index (Phi) is 9.35. The zero-order chi connectivity index (χ0) is 34.5. The lowest BCUT2D eigenvalue weighted by Crippen LogP contribution is -2.23. The van der Waals surface area contributed by atoms with Gasteiger partial charge in [-0.3, -0.25) is 4.79 Å². The van der Waals surface area contributed by atoms with E-state index in [1.165, 1.54) is 15.9 Å². The van der Waals surface area contributed by atoms with E-state index in [9.17, 15) is 4.79 Å². The van der Waals surface area contributed by atoms with Gasteiger partial charge in [0.15, 0.2) is 17.3 Å². The molecule has 3 aromatic heterocycles. The van der Waals surface area contributed by atoms with Gasteiger partial charge in [-0.1, -0.05) is 84.7 Å². The SMILES string of the molecule is C=CCOc1ccc(/C=C/c2nc3s/c(=C\c4cn(-c5ccccc5)nc4-c4ccc(OCc5ccccc5)c(C)c4)c(=O)n3n2)cc1OC. The van der Waals surface area contributed by atoms with Crippen LogP contribution in [0.3, 0.4) is 0 Å². The Balaban J connectivity index is 1.19. The summed E-state index contributed by atoms with van der Waals surface area (Å²) in [5, 5.41) is 9.44. The molecule has 0 fully saturated rings. The number of hydrogen-bond acceptors (Lipinski definition) is 8. The van der Waals surface area contributed by atoms with Crippen molar-refractivity contribution in [2.45, 2.75) is 13.5 Å². The van der Waals surface area contributed by atoms with Crippen LogP contribution in [0.25, 0.3) is 40.1 Å². The first-order valence-corrected chi connectivity index (χ1v) is 16.7. The van der Waals surface area contributed by atoms with Crippen LogP contribution in [0.2, 0.25) is 0 Å². The Labute approximate surface area is 292 Å². The highest BCUT2D eigenvalue weighted by Crippen LogP contribution is 2.30. The molecular formula is C40H33N5O4S. The number of thiazole rings is 1. The summed E-state index contributed by atoms with van der Waals surface area (Å²) in [6.07, 6.45) is 9.10. The summed E-state index contributed by atoms with van der Waals surface area (Å²) in [7, 11) is 1.59. The molecular weight excluding hydrogens is 647 g/mol. The smallest absolute Gasteiger partial charge is 0.291 e. The van der Waals surface area contributed by atoms with Crippen molar-refractivity contribution >= 4 is 34.5 Å². The van der Waals surface area contributed by atoms with E-state index in [0.717, 1.165) is 44.9 Å². The topological polar surface area (TPSA) is 92.8 Å². The molecule has 0 bridgehead atoms. The predicted octanol–water partition coefficient (Wildman–Crippen LogP) is 7.18. The summed E-state index contributed by atoms with van der Waals surface area (Å²) >= 11 is 1.28. The van der Waals surface area contributed by atoms with Crippen LogP contribution in [-0.4, -0.2) is 38.1 Å². The van der Waals surface area contributed by atoms with Crippen LogP contribution in [0.15, 0.2) is 121 Å². The number of nitrogens with zero attached hydrogens (tertiary/aromatic N) is 5. The second-order valence-electron chi connectivity index (χ2n) is 11.4. The van der Waals surface area contributed by atoms with Gasteiger partial charge in [0, 0.05) is 17.3 Å². The summed E-state index contributed by atoms with van der Waals surface area (Å²) in [6, 6.07) is 31.6. The van der Waals surface area contributed by atoms with E-state index in [2.05, 4.69) is 22.7 Å². The van der Waals surface area contributed by atoms with Crippen LogP contribution in [0.4, 0.5) is 0 Å². The Bertz CT molecular complexity index is 2430. The van der Waals surface area contributed by atoms with Gasteiger partial charge in [0.2, 0.25) is 4.96 Å². The molecule has 3 heterocycles. The van der Waals surface area contributed by atoms with Gasteiger partial charge >= 0.3 is 0 Å². The van der Waals surface area contributed by atoms with Crippen molar-refractivity contribution in [2.75, 3.05) is 13.7 Å². The largest absolute Gasteiger partial charge is 0.493 e. The number of para-hydroxylation sites is 1. The van der Waals surface area contributed by atoms with Gasteiger partial charge < -0.3 is 14.2 Å². The lowest BCUT2D eigenvalue weighted by atomic mass is 10.0. The first-order valence-electron chi connectivity index (χ1n) is 15.9. The molecule has 0 aliphatic heterocycles. The van der Waals surface area contributed by atoms with Gasteiger partial charge in [0.25, 0.3) is 5.56 Å². The highest BCUT2D eigenvalue weighted by molar-refractivity contribution is 7.15. The molecule has 0 saturated heterocycles. The fraction of sp³-hybridized carbons (Fsp3) is 0.100. The van der Waals surface area contributed by atoms with E-state index < -0.39 is 0 Å². The van der Waals surface area contributed by atoms with Gasteiger partial charge in [-0.15, -0.1) is 5.10 Å². The van der Waals surface area contributed by atoms with E-state index in [-0.39, 0.29) is 5.56 Å². The van der Waals surface area contributed by atoms with Crippen molar-refractivity contribution in [3.05, 3.63) is 159 Å². The normalized spacial score (nSPS) is 11.8. The Morgan fingerprint density at radius 1 is 0.860 bits per heavy atom. The third-order valence-corrected chi connectivity index (χ3v) is 8.86. The molecule has 0 aliphatic rings. The van der Waals surface area contributed by atoms with Crippen LogP contribution < -0.4 is 24.3 Å². The molecule has 0 aliphatic carbocycles. The van der Waals surface area contributed by atoms with Gasteiger partial charge in [-0.05, 0) is 78.2 Å². The third-order valence-electron chi connectivity index (χ3n) is 7.90. The highest BCUT2D eigenvalue weighted by Gasteiger charge is 2.15. The quantitative estimate of drug-likeness (QED) is 0.126. The van der Waals surface area contributed by atoms with Crippen molar-refractivity contribution in [3.63, 3.8) is 0 Å². The Morgan fingerprint density at radius 2 is 1.64 bits per heavy atom. The molecule has 0 radical (unpaired) electrons. The standard InChI is InChI=1S/C40H33N5O4S/c1-4-21-48-34-18-15-28(23-35(34)47-3)16-20-37-41-40-45(42-37)39(46)36(50-40)24-31-25-44(32-13-9-6-10-14-32)43-38(31)30-17-19-33(27(2)22-30)49-26-29-11-7-5-8-12-29/h4-20,22-25H,1,21,26H2,2-3H3/b20-16+,36-24-. The van der Waals surface area contributed by atoms with Gasteiger partial charge in [0.05, 0.1) is 17.3 Å². The number of methoxy groups -OCH3 is 1. The zero-order valence-electron chi connectivity index (χ0n) is 27.5. The van der Waals surface area contributed by atoms with Crippen LogP contribution in [0.5, 0.6) is 17.2 Å². The number of aromatic nitrogens is 5. The average Bonchev–Trinajstić information content (AvgIpc) is 3.84. The molecule has 0 unspecified atom stereocenters. The summed E-state index contributed by atoms with van der Waals surface area (Å²) < 4.78 is 20.9. The van der Waals surface area contributed by atoms with E-state index in [4.69, 9.17) is 19.3 Å². The van der Waals surface area contributed by atoms with E-state index in [1.807, 2.05) is 121 Å². The molecule has 0 atom stereocenters. The van der Waals surface area contributed by atoms with Crippen molar-refractivity contribution in [3.8, 4) is 34.2 Å². The number of benzene rings is 4. The fourth-order valence-electron chi connectivity index (χ4n) is 5.41. The second-order valence-corrected chi connectivity index (χ2v) is 12.4. The van der Waals surface area contributed by atoms with Crippen molar-refractivity contribution in [2.24, 2.45) is 0 Å². The molecule has 0 saturated carbocycles. The number of hydrogen-bond donors (Lipinski definition) is 0. The molecule has 7 rings (SSSR count). The molecule has 248 valence electrons. The minimum atomic E-state index is -0.248. The lowest BCUT2D eigenvalue weighted by Gasteiger charge is -2.10. The number of fused-ring (bicyclic) bond motifs is 1. The molecule has 10 heteroatoms. The minimum absolute atomic E-state index is 0.248. The Morgan fingerprint density at radius 3 is 2.38 bits per heavy atom. The molecule has 0 spiro atoms. The van der Waals surface area contributed by atoms with Crippen LogP contribution in [0.1, 0.15) is 28.1 Å². The first-order chi connectivity index (χ1) is 24.5. The van der Waals surface area contributed by atoms with Gasteiger partial charge in [0.1, 0.15) is 24.7 Å². The second kappa shape index (κ2) is 14.5.